The van der Waals surface area contributed by atoms with E-state index in [1.807, 2.05) is 4.90 Å². The van der Waals surface area contributed by atoms with Crippen LogP contribution in [0.4, 0.5) is 18.9 Å². The molecular weight excluding hydrogens is 351 g/mol. The van der Waals surface area contributed by atoms with E-state index in [4.69, 9.17) is 0 Å². The van der Waals surface area contributed by atoms with Gasteiger partial charge in [0.25, 0.3) is 0 Å². The highest BCUT2D eigenvalue weighted by Gasteiger charge is 2.21. The van der Waals surface area contributed by atoms with Crippen molar-refractivity contribution >= 4 is 23.5 Å². The molecule has 1 aromatic carbocycles. The minimum atomic E-state index is -1.64. The summed E-state index contributed by atoms with van der Waals surface area (Å²) in [4.78, 5) is 30.9. The lowest BCUT2D eigenvalue weighted by Crippen LogP contribution is -2.54. The van der Waals surface area contributed by atoms with E-state index in [1.165, 1.54) is 6.92 Å². The van der Waals surface area contributed by atoms with Gasteiger partial charge >= 0.3 is 0 Å². The summed E-state index contributed by atoms with van der Waals surface area (Å²) in [6, 6.07) is 1.68. The van der Waals surface area contributed by atoms with Crippen LogP contribution in [0, 0.1) is 17.5 Å². The van der Waals surface area contributed by atoms with Crippen LogP contribution in [0.5, 0.6) is 0 Å². The Labute approximate surface area is 148 Å². The lowest BCUT2D eigenvalue weighted by molar-refractivity contribution is -0.130. The van der Waals surface area contributed by atoms with E-state index in [0.717, 1.165) is 12.1 Å². The zero-order valence-corrected chi connectivity index (χ0v) is 14.5. The van der Waals surface area contributed by atoms with Gasteiger partial charge in [-0.05, 0) is 12.1 Å². The number of halogens is 3. The summed E-state index contributed by atoms with van der Waals surface area (Å²) in [5.74, 6) is -4.62. The molecule has 7 nitrogen and oxygen atoms in total. The van der Waals surface area contributed by atoms with E-state index in [1.54, 1.807) is 11.9 Å². The molecule has 2 N–H and O–H groups in total. The van der Waals surface area contributed by atoms with E-state index in [2.05, 4.69) is 15.6 Å². The zero-order chi connectivity index (χ0) is 19.3. The van der Waals surface area contributed by atoms with Gasteiger partial charge in [-0.3, -0.25) is 14.6 Å². The Kier molecular flexibility index (Phi) is 6.42. The summed E-state index contributed by atoms with van der Waals surface area (Å²) in [5, 5.41) is 4.99. The van der Waals surface area contributed by atoms with E-state index in [9.17, 15) is 22.8 Å². The number of amides is 2. The standard InChI is InChI=1S/C16H20F3N5O2/c1-10(25)23-5-7-24(8-6-23)16(20-2)21-9-13(26)22-12-4-3-11(17)14(18)15(12)19/h3-4H,5-9H2,1-2H3,(H,20,21)(H,22,26). The normalized spacial score (nSPS) is 15.0. The second-order valence-electron chi connectivity index (χ2n) is 5.66. The molecule has 1 aromatic rings. The van der Waals surface area contributed by atoms with Gasteiger partial charge in [-0.15, -0.1) is 0 Å². The summed E-state index contributed by atoms with van der Waals surface area (Å²) < 4.78 is 39.6. The first kappa shape index (κ1) is 19.5. The third kappa shape index (κ3) is 4.64. The number of nitrogens with one attached hydrogen (secondary N) is 2. The smallest absolute Gasteiger partial charge is 0.243 e. The van der Waals surface area contributed by atoms with Crippen molar-refractivity contribution in [2.75, 3.05) is 45.1 Å². The molecule has 0 aliphatic carbocycles. The number of carbonyl (C=O) groups is 2. The number of benzene rings is 1. The topological polar surface area (TPSA) is 77.0 Å². The summed E-state index contributed by atoms with van der Waals surface area (Å²) in [6.07, 6.45) is 0. The quantitative estimate of drug-likeness (QED) is 0.468. The first-order valence-electron chi connectivity index (χ1n) is 7.98. The van der Waals surface area contributed by atoms with E-state index < -0.39 is 29.0 Å². The highest BCUT2D eigenvalue weighted by Crippen LogP contribution is 2.19. The maximum absolute atomic E-state index is 13.6. The lowest BCUT2D eigenvalue weighted by Gasteiger charge is -2.36. The van der Waals surface area contributed by atoms with E-state index in [-0.39, 0.29) is 12.5 Å². The predicted octanol–water partition coefficient (Wildman–Crippen LogP) is 0.782. The predicted molar refractivity (Wildman–Crippen MR) is 90.1 cm³/mol. The summed E-state index contributed by atoms with van der Waals surface area (Å²) in [6.45, 7) is 3.46. The molecule has 142 valence electrons. The summed E-state index contributed by atoms with van der Waals surface area (Å²) in [7, 11) is 1.55. The van der Waals surface area contributed by atoms with Crippen LogP contribution in [-0.2, 0) is 9.59 Å². The zero-order valence-electron chi connectivity index (χ0n) is 14.5. The van der Waals surface area contributed by atoms with Gasteiger partial charge < -0.3 is 20.4 Å². The van der Waals surface area contributed by atoms with Crippen molar-refractivity contribution in [2.24, 2.45) is 4.99 Å². The van der Waals surface area contributed by atoms with Crippen LogP contribution in [0.15, 0.2) is 17.1 Å². The molecule has 1 fully saturated rings. The van der Waals surface area contributed by atoms with Crippen LogP contribution in [0.2, 0.25) is 0 Å². The van der Waals surface area contributed by atoms with Gasteiger partial charge in [-0.2, -0.15) is 0 Å². The Balaban J connectivity index is 1.88. The fraction of sp³-hybridized carbons (Fsp3) is 0.438. The van der Waals surface area contributed by atoms with Crippen molar-refractivity contribution in [3.05, 3.63) is 29.6 Å². The Hall–Kier alpha value is -2.78. The maximum Gasteiger partial charge on any atom is 0.243 e. The first-order chi connectivity index (χ1) is 12.3. The Morgan fingerprint density at radius 3 is 2.27 bits per heavy atom. The molecule has 1 saturated heterocycles. The lowest BCUT2D eigenvalue weighted by atomic mass is 10.2. The van der Waals surface area contributed by atoms with Crippen LogP contribution in [0.1, 0.15) is 6.92 Å². The van der Waals surface area contributed by atoms with Gasteiger partial charge in [0.2, 0.25) is 11.8 Å². The molecule has 0 unspecified atom stereocenters. The fourth-order valence-electron chi connectivity index (χ4n) is 2.54. The average molecular weight is 371 g/mol. The van der Waals surface area contributed by atoms with Gasteiger partial charge in [-0.25, -0.2) is 13.2 Å². The molecule has 10 heteroatoms. The average Bonchev–Trinajstić information content (AvgIpc) is 2.63. The Bertz CT molecular complexity index is 718. The molecule has 0 spiro atoms. The van der Waals surface area contributed by atoms with Gasteiger partial charge in [0, 0.05) is 40.2 Å². The Morgan fingerprint density at radius 2 is 1.69 bits per heavy atom. The number of piperazine rings is 1. The maximum atomic E-state index is 13.6. The van der Waals surface area contributed by atoms with Gasteiger partial charge in [0.15, 0.2) is 23.4 Å². The van der Waals surface area contributed by atoms with Crippen LogP contribution in [0.25, 0.3) is 0 Å². The number of rotatable bonds is 3. The van der Waals surface area contributed by atoms with Crippen molar-refractivity contribution in [3.63, 3.8) is 0 Å². The summed E-state index contributed by atoms with van der Waals surface area (Å²) in [5.41, 5.74) is -0.444. The van der Waals surface area contributed by atoms with Gasteiger partial charge in [-0.1, -0.05) is 0 Å². The monoisotopic (exact) mass is 371 g/mol. The van der Waals surface area contributed by atoms with Crippen molar-refractivity contribution < 1.29 is 22.8 Å². The highest BCUT2D eigenvalue weighted by atomic mass is 19.2. The largest absolute Gasteiger partial charge is 0.347 e. The fourth-order valence-corrected chi connectivity index (χ4v) is 2.54. The molecule has 0 atom stereocenters. The third-order valence-electron chi connectivity index (χ3n) is 3.95. The molecule has 2 amide bonds. The van der Waals surface area contributed by atoms with Gasteiger partial charge in [0.1, 0.15) is 0 Å². The molecule has 0 saturated carbocycles. The van der Waals surface area contributed by atoms with E-state index in [0.29, 0.717) is 32.1 Å². The molecule has 26 heavy (non-hydrogen) atoms. The number of aliphatic imine (C=N–C) groups is 1. The number of guanidine groups is 1. The first-order valence-corrected chi connectivity index (χ1v) is 7.98. The molecule has 1 heterocycles. The third-order valence-corrected chi connectivity index (χ3v) is 3.95. The molecule has 2 rings (SSSR count). The van der Waals surface area contributed by atoms with Crippen molar-refractivity contribution in [1.82, 2.24) is 15.1 Å². The molecule has 0 aromatic heterocycles. The van der Waals surface area contributed by atoms with Crippen molar-refractivity contribution in [2.45, 2.75) is 6.92 Å². The highest BCUT2D eigenvalue weighted by molar-refractivity contribution is 5.95. The minimum Gasteiger partial charge on any atom is -0.347 e. The molecule has 0 radical (unpaired) electrons. The SMILES string of the molecule is CN=C(NCC(=O)Nc1ccc(F)c(F)c1F)N1CCN(C(C)=O)CC1. The second-order valence-corrected chi connectivity index (χ2v) is 5.66. The number of hydrogen-bond acceptors (Lipinski definition) is 3. The van der Waals surface area contributed by atoms with Crippen molar-refractivity contribution in [1.29, 1.82) is 0 Å². The number of hydrogen-bond donors (Lipinski definition) is 2. The molecular formula is C16H20F3N5O2. The molecule has 1 aliphatic heterocycles. The van der Waals surface area contributed by atoms with Crippen molar-refractivity contribution in [3.8, 4) is 0 Å². The van der Waals surface area contributed by atoms with Crippen LogP contribution in [0.3, 0.4) is 0 Å². The Morgan fingerprint density at radius 1 is 1.08 bits per heavy atom. The van der Waals surface area contributed by atoms with Crippen LogP contribution in [-0.4, -0.2) is 67.3 Å². The number of nitrogens with zero attached hydrogens (tertiary/aromatic N) is 3. The van der Waals surface area contributed by atoms with E-state index >= 15 is 0 Å². The number of carbonyl (C=O) groups excluding carboxylic acids is 2. The molecule has 0 bridgehead atoms. The minimum absolute atomic E-state index is 0.000492. The number of anilines is 1. The molecule has 1 aliphatic rings. The second kappa shape index (κ2) is 8.54. The van der Waals surface area contributed by atoms with Gasteiger partial charge in [0.05, 0.1) is 12.2 Å². The van der Waals surface area contributed by atoms with Crippen LogP contribution < -0.4 is 10.6 Å². The van der Waals surface area contributed by atoms with Crippen LogP contribution >= 0.6 is 0 Å². The summed E-state index contributed by atoms with van der Waals surface area (Å²) >= 11 is 0.